The number of likely N-dealkylation sites (tertiary alicyclic amines) is 2. The number of carbonyl (C=O) groups is 4. The van der Waals surface area contributed by atoms with Crippen molar-refractivity contribution in [1.29, 1.82) is 0 Å². The van der Waals surface area contributed by atoms with Crippen LogP contribution in [0.2, 0.25) is 0 Å². The molecule has 2 aromatic rings. The first kappa shape index (κ1) is 40.8. The van der Waals surface area contributed by atoms with Gasteiger partial charge in [-0.05, 0) is 128 Å². The van der Waals surface area contributed by atoms with Crippen LogP contribution >= 0.6 is 0 Å². The van der Waals surface area contributed by atoms with E-state index in [9.17, 15) is 19.2 Å². The standard InChI is InChI=1S/C22H31NO3.C16H23NO2.C6H8O/c1-22(2,3)26-21(25)23-13-12-17(16-8-5-4-6-9-16)15-20(23)18-10-7-11-19(24)14-18;1-16(2,3)19-15(18)17-11-9-14(10-12-17)13-7-5-4-6-8-13;7-6-4-2-1-3-5-6/h4-6,8-9,17-18,20H,7,10-15H2,1-3H3;4-8,14H,9-12H2,1-3H3;2,4H,1,3,5H2. The number of hydrogen-bond donors (Lipinski definition) is 0. The van der Waals surface area contributed by atoms with Crippen LogP contribution in [0.1, 0.15) is 135 Å². The van der Waals surface area contributed by atoms with Gasteiger partial charge < -0.3 is 19.3 Å². The molecule has 2 aromatic carbocycles. The Balaban J connectivity index is 0.000000202. The van der Waals surface area contributed by atoms with Gasteiger partial charge in [-0.25, -0.2) is 9.59 Å². The Hall–Kier alpha value is -3.94. The highest BCUT2D eigenvalue weighted by Crippen LogP contribution is 2.39. The smallest absolute Gasteiger partial charge is 0.410 e. The van der Waals surface area contributed by atoms with Crippen LogP contribution in [0.4, 0.5) is 9.59 Å². The average Bonchev–Trinajstić information content (AvgIpc) is 3.12. The molecule has 284 valence electrons. The lowest BCUT2D eigenvalue weighted by Crippen LogP contribution is -2.51. The summed E-state index contributed by atoms with van der Waals surface area (Å²) in [6, 6.07) is 21.2. The zero-order chi connectivity index (χ0) is 37.7. The number of rotatable bonds is 3. The van der Waals surface area contributed by atoms with Crippen molar-refractivity contribution in [3.05, 3.63) is 83.9 Å². The third kappa shape index (κ3) is 13.6. The largest absolute Gasteiger partial charge is 0.444 e. The second-order valence-electron chi connectivity index (χ2n) is 16.7. The van der Waals surface area contributed by atoms with Gasteiger partial charge in [0.1, 0.15) is 17.0 Å². The van der Waals surface area contributed by atoms with Crippen LogP contribution in [0.25, 0.3) is 0 Å². The van der Waals surface area contributed by atoms with E-state index in [1.165, 1.54) is 11.1 Å². The molecular formula is C44H62N2O6. The first-order valence-corrected chi connectivity index (χ1v) is 19.5. The maximum absolute atomic E-state index is 12.8. The third-order valence-corrected chi connectivity index (χ3v) is 10.1. The molecule has 3 atom stereocenters. The van der Waals surface area contributed by atoms with Crippen molar-refractivity contribution in [3.8, 4) is 0 Å². The number of nitrogens with zero attached hydrogens (tertiary/aromatic N) is 2. The summed E-state index contributed by atoms with van der Waals surface area (Å²) in [4.78, 5) is 50.9. The van der Waals surface area contributed by atoms with Gasteiger partial charge in [0, 0.05) is 44.9 Å². The Morgan fingerprint density at radius 2 is 1.23 bits per heavy atom. The van der Waals surface area contributed by atoms with E-state index in [1.54, 1.807) is 6.08 Å². The van der Waals surface area contributed by atoms with Gasteiger partial charge in [0.15, 0.2) is 5.78 Å². The fourth-order valence-corrected chi connectivity index (χ4v) is 7.55. The quantitative estimate of drug-likeness (QED) is 0.314. The van der Waals surface area contributed by atoms with Crippen molar-refractivity contribution in [2.24, 2.45) is 5.92 Å². The molecule has 2 aliphatic carbocycles. The zero-order valence-electron chi connectivity index (χ0n) is 32.5. The summed E-state index contributed by atoms with van der Waals surface area (Å²) < 4.78 is 11.1. The number of Topliss-reactive ketones (excluding diaryl/α,β-unsaturated/α-hetero) is 1. The molecular weight excluding hydrogens is 652 g/mol. The molecule has 2 amide bonds. The van der Waals surface area contributed by atoms with Crippen LogP contribution in [-0.2, 0) is 19.1 Å². The maximum atomic E-state index is 12.8. The number of benzene rings is 2. The Kier molecular flexibility index (Phi) is 15.1. The number of piperidine rings is 2. The minimum atomic E-state index is -0.500. The summed E-state index contributed by atoms with van der Waals surface area (Å²) in [5.74, 6) is 1.89. The maximum Gasteiger partial charge on any atom is 0.410 e. The van der Waals surface area contributed by atoms with Crippen LogP contribution in [-0.4, -0.2) is 70.4 Å². The van der Waals surface area contributed by atoms with Gasteiger partial charge in [-0.2, -0.15) is 0 Å². The van der Waals surface area contributed by atoms with Crippen molar-refractivity contribution in [1.82, 2.24) is 9.80 Å². The minimum Gasteiger partial charge on any atom is -0.444 e. The lowest BCUT2D eigenvalue weighted by molar-refractivity contribution is -0.122. The molecule has 0 bridgehead atoms. The van der Waals surface area contributed by atoms with E-state index < -0.39 is 11.2 Å². The lowest BCUT2D eigenvalue weighted by atomic mass is 9.75. The van der Waals surface area contributed by atoms with Crippen molar-refractivity contribution in [3.63, 3.8) is 0 Å². The van der Waals surface area contributed by atoms with E-state index in [1.807, 2.05) is 69.6 Å². The highest BCUT2D eigenvalue weighted by molar-refractivity contribution is 5.90. The molecule has 0 aromatic heterocycles. The summed E-state index contributed by atoms with van der Waals surface area (Å²) in [5, 5.41) is 0. The number of ketones is 2. The molecule has 4 aliphatic rings. The molecule has 8 heteroatoms. The number of ether oxygens (including phenoxy) is 2. The van der Waals surface area contributed by atoms with Crippen LogP contribution in [0.5, 0.6) is 0 Å². The molecule has 6 rings (SSSR count). The fourth-order valence-electron chi connectivity index (χ4n) is 7.55. The van der Waals surface area contributed by atoms with E-state index in [0.29, 0.717) is 37.0 Å². The summed E-state index contributed by atoms with van der Waals surface area (Å²) in [6.45, 7) is 13.7. The minimum absolute atomic E-state index is 0.0908. The summed E-state index contributed by atoms with van der Waals surface area (Å²) >= 11 is 0. The second kappa shape index (κ2) is 19.2. The van der Waals surface area contributed by atoms with Gasteiger partial charge in [-0.1, -0.05) is 66.7 Å². The molecule has 3 fully saturated rings. The van der Waals surface area contributed by atoms with Crippen molar-refractivity contribution in [2.75, 3.05) is 19.6 Å². The fraction of sp³-hybridized carbons (Fsp3) is 0.591. The topological polar surface area (TPSA) is 93.2 Å². The molecule has 2 aliphatic heterocycles. The molecule has 0 spiro atoms. The average molecular weight is 715 g/mol. The van der Waals surface area contributed by atoms with Crippen molar-refractivity contribution >= 4 is 23.8 Å². The van der Waals surface area contributed by atoms with Crippen molar-refractivity contribution < 1.29 is 28.7 Å². The van der Waals surface area contributed by atoms with Gasteiger partial charge in [-0.3, -0.25) is 9.59 Å². The van der Waals surface area contributed by atoms with E-state index >= 15 is 0 Å². The lowest BCUT2D eigenvalue weighted by Gasteiger charge is -2.44. The molecule has 52 heavy (non-hydrogen) atoms. The number of amides is 2. The summed E-state index contributed by atoms with van der Waals surface area (Å²) in [6.07, 6.45) is 13.3. The zero-order valence-corrected chi connectivity index (χ0v) is 32.5. The van der Waals surface area contributed by atoms with Gasteiger partial charge in [0.05, 0.1) is 0 Å². The summed E-state index contributed by atoms with van der Waals surface area (Å²) in [7, 11) is 0. The Bertz CT molecular complexity index is 1470. The number of allylic oxidation sites excluding steroid dienone is 2. The van der Waals surface area contributed by atoms with Gasteiger partial charge >= 0.3 is 12.2 Å². The molecule has 8 nitrogen and oxygen atoms in total. The molecule has 0 radical (unpaired) electrons. The monoisotopic (exact) mass is 714 g/mol. The van der Waals surface area contributed by atoms with E-state index in [-0.39, 0.29) is 29.9 Å². The van der Waals surface area contributed by atoms with Crippen LogP contribution < -0.4 is 0 Å². The normalized spacial score (nSPS) is 22.7. The first-order valence-electron chi connectivity index (χ1n) is 19.5. The third-order valence-electron chi connectivity index (χ3n) is 10.1. The van der Waals surface area contributed by atoms with Crippen LogP contribution in [0, 0.1) is 5.92 Å². The predicted octanol–water partition coefficient (Wildman–Crippen LogP) is 10.0. The van der Waals surface area contributed by atoms with Gasteiger partial charge in [0.2, 0.25) is 0 Å². The summed E-state index contributed by atoms with van der Waals surface area (Å²) in [5.41, 5.74) is 1.81. The van der Waals surface area contributed by atoms with E-state index in [2.05, 4.69) is 48.5 Å². The van der Waals surface area contributed by atoms with Gasteiger partial charge in [0.25, 0.3) is 0 Å². The number of carbonyl (C=O) groups excluding carboxylic acids is 4. The Labute approximate surface area is 312 Å². The Morgan fingerprint density at radius 1 is 0.673 bits per heavy atom. The SMILES string of the molecule is CC(C)(C)OC(=O)N1CCC(c2ccccc2)CC1.CC(C)(C)OC(=O)N1CCC(c2ccccc2)CC1C1CCCC(=O)C1.O=C1C=CCCC1. The Morgan fingerprint density at radius 3 is 1.73 bits per heavy atom. The highest BCUT2D eigenvalue weighted by Gasteiger charge is 2.40. The van der Waals surface area contributed by atoms with Crippen molar-refractivity contribution in [2.45, 2.75) is 141 Å². The predicted molar refractivity (Wildman–Crippen MR) is 206 cm³/mol. The second-order valence-corrected chi connectivity index (χ2v) is 16.7. The number of hydrogen-bond acceptors (Lipinski definition) is 6. The molecule has 1 saturated carbocycles. The molecule has 2 saturated heterocycles. The molecule has 3 unspecified atom stereocenters. The van der Waals surface area contributed by atoms with Gasteiger partial charge in [-0.15, -0.1) is 0 Å². The highest BCUT2D eigenvalue weighted by atomic mass is 16.6. The molecule has 2 heterocycles. The van der Waals surface area contributed by atoms with Crippen LogP contribution in [0.15, 0.2) is 72.8 Å². The van der Waals surface area contributed by atoms with E-state index in [0.717, 1.165) is 70.9 Å². The first-order chi connectivity index (χ1) is 24.7. The van der Waals surface area contributed by atoms with Crippen LogP contribution in [0.3, 0.4) is 0 Å². The molecule has 0 N–H and O–H groups in total. The van der Waals surface area contributed by atoms with E-state index in [4.69, 9.17) is 9.47 Å².